The molecule has 8 nitrogen and oxygen atoms in total. The Morgan fingerprint density at radius 1 is 1.52 bits per heavy atom. The zero-order valence-electron chi connectivity index (χ0n) is 11.0. The normalized spacial score (nSPS) is 21.3. The van der Waals surface area contributed by atoms with Gasteiger partial charge in [-0.05, 0) is 5.92 Å². The van der Waals surface area contributed by atoms with Crippen molar-refractivity contribution in [2.24, 2.45) is 11.8 Å². The Bertz CT molecular complexity index is 621. The first kappa shape index (κ1) is 15.2. The molecule has 1 amide bonds. The molecule has 112 valence electrons. The summed E-state index contributed by atoms with van der Waals surface area (Å²) in [6.45, 7) is 2.04. The molecule has 21 heavy (non-hydrogen) atoms. The lowest BCUT2D eigenvalue weighted by atomic mass is 9.99. The Kier molecular flexibility index (Phi) is 4.08. The number of carbonyl (C=O) groups is 2. The van der Waals surface area contributed by atoms with Crippen molar-refractivity contribution < 1.29 is 19.6 Å². The number of carboxylic acids is 1. The van der Waals surface area contributed by atoms with Crippen LogP contribution >= 0.6 is 11.6 Å². The van der Waals surface area contributed by atoms with E-state index in [9.17, 15) is 19.7 Å². The highest BCUT2D eigenvalue weighted by atomic mass is 35.5. The van der Waals surface area contributed by atoms with Crippen LogP contribution in [0.25, 0.3) is 0 Å². The molecular weight excluding hydrogens is 302 g/mol. The lowest BCUT2D eigenvalue weighted by Crippen LogP contribution is -2.30. The number of nitrogens with zero attached hydrogens (tertiary/aromatic N) is 3. The van der Waals surface area contributed by atoms with Crippen molar-refractivity contribution in [3.63, 3.8) is 0 Å². The van der Waals surface area contributed by atoms with Crippen LogP contribution < -0.4 is 0 Å². The van der Waals surface area contributed by atoms with Gasteiger partial charge in [0.15, 0.2) is 0 Å². The Balaban J connectivity index is 2.27. The summed E-state index contributed by atoms with van der Waals surface area (Å²) < 4.78 is 0. The summed E-state index contributed by atoms with van der Waals surface area (Å²) in [5, 5.41) is 19.6. The third kappa shape index (κ3) is 2.94. The van der Waals surface area contributed by atoms with Gasteiger partial charge in [-0.3, -0.25) is 19.7 Å². The molecule has 0 unspecified atom stereocenters. The second-order valence-electron chi connectivity index (χ2n) is 4.92. The van der Waals surface area contributed by atoms with Crippen molar-refractivity contribution in [3.8, 4) is 0 Å². The SMILES string of the molecule is C[C@@H]1CN(C(=O)c2cc([N+](=O)[O-])cnc2Cl)C[C@H]1C(=O)O. The Labute approximate surface area is 124 Å². The number of hydrogen-bond acceptors (Lipinski definition) is 5. The van der Waals surface area contributed by atoms with Crippen LogP contribution in [0.4, 0.5) is 5.69 Å². The highest BCUT2D eigenvalue weighted by Gasteiger charge is 2.38. The molecule has 0 aromatic carbocycles. The van der Waals surface area contributed by atoms with Gasteiger partial charge in [-0.15, -0.1) is 0 Å². The minimum Gasteiger partial charge on any atom is -0.481 e. The number of pyridine rings is 1. The molecule has 9 heteroatoms. The van der Waals surface area contributed by atoms with Gasteiger partial charge < -0.3 is 10.0 Å². The van der Waals surface area contributed by atoms with E-state index in [1.165, 1.54) is 4.90 Å². The molecule has 1 saturated heterocycles. The van der Waals surface area contributed by atoms with Crippen LogP contribution in [0.2, 0.25) is 5.15 Å². The van der Waals surface area contributed by atoms with Crippen molar-refractivity contribution in [2.75, 3.05) is 13.1 Å². The summed E-state index contributed by atoms with van der Waals surface area (Å²) in [5.41, 5.74) is -0.436. The molecule has 2 atom stereocenters. The number of aliphatic carboxylic acids is 1. The number of likely N-dealkylation sites (tertiary alicyclic amines) is 1. The summed E-state index contributed by atoms with van der Waals surface area (Å²) in [4.78, 5) is 38.4. The van der Waals surface area contributed by atoms with Gasteiger partial charge >= 0.3 is 5.97 Å². The third-order valence-corrected chi connectivity index (χ3v) is 3.78. The minimum absolute atomic E-state index is 0.0500. The monoisotopic (exact) mass is 313 g/mol. The van der Waals surface area contributed by atoms with E-state index in [4.69, 9.17) is 16.7 Å². The van der Waals surface area contributed by atoms with Crippen LogP contribution in [-0.2, 0) is 4.79 Å². The molecule has 1 aliphatic heterocycles. The fraction of sp³-hybridized carbons (Fsp3) is 0.417. The average Bonchev–Trinajstić information content (AvgIpc) is 2.80. The van der Waals surface area contributed by atoms with E-state index in [-0.39, 0.29) is 35.4 Å². The van der Waals surface area contributed by atoms with Crippen LogP contribution in [0.1, 0.15) is 17.3 Å². The number of halogens is 1. The molecule has 1 aromatic heterocycles. The van der Waals surface area contributed by atoms with Crippen LogP contribution in [0.15, 0.2) is 12.3 Å². The van der Waals surface area contributed by atoms with Gasteiger partial charge in [-0.1, -0.05) is 18.5 Å². The van der Waals surface area contributed by atoms with Crippen molar-refractivity contribution in [3.05, 3.63) is 33.1 Å². The fourth-order valence-corrected chi connectivity index (χ4v) is 2.50. The first-order valence-electron chi connectivity index (χ1n) is 6.13. The molecule has 1 N–H and O–H groups in total. The largest absolute Gasteiger partial charge is 0.481 e. The molecule has 2 heterocycles. The summed E-state index contributed by atoms with van der Waals surface area (Å²) in [7, 11) is 0. The number of rotatable bonds is 3. The minimum atomic E-state index is -0.971. The summed E-state index contributed by atoms with van der Waals surface area (Å²) >= 11 is 5.81. The smallest absolute Gasteiger partial charge is 0.308 e. The number of carboxylic acid groups (broad SMARTS) is 1. The highest BCUT2D eigenvalue weighted by molar-refractivity contribution is 6.32. The van der Waals surface area contributed by atoms with Gasteiger partial charge in [0.1, 0.15) is 11.3 Å². The molecular formula is C12H12ClN3O5. The molecule has 1 aromatic rings. The maximum atomic E-state index is 12.3. The van der Waals surface area contributed by atoms with E-state index in [1.807, 2.05) is 0 Å². The van der Waals surface area contributed by atoms with Crippen LogP contribution in [0.5, 0.6) is 0 Å². The van der Waals surface area contributed by atoms with Gasteiger partial charge in [-0.25, -0.2) is 4.98 Å². The Hall–Kier alpha value is -2.22. The van der Waals surface area contributed by atoms with Crippen molar-refractivity contribution in [1.29, 1.82) is 0 Å². The second kappa shape index (κ2) is 5.65. The lowest BCUT2D eigenvalue weighted by Gasteiger charge is -2.16. The van der Waals surface area contributed by atoms with Gasteiger partial charge in [0.05, 0.1) is 16.4 Å². The number of hydrogen-bond donors (Lipinski definition) is 1. The molecule has 2 rings (SSSR count). The Morgan fingerprint density at radius 2 is 2.19 bits per heavy atom. The number of aromatic nitrogens is 1. The predicted octanol–water partition coefficient (Wildman–Crippen LogP) is 1.44. The van der Waals surface area contributed by atoms with Crippen molar-refractivity contribution in [1.82, 2.24) is 9.88 Å². The maximum Gasteiger partial charge on any atom is 0.308 e. The molecule has 0 aliphatic carbocycles. The van der Waals surface area contributed by atoms with Gasteiger partial charge in [0.2, 0.25) is 0 Å². The van der Waals surface area contributed by atoms with Gasteiger partial charge in [0, 0.05) is 19.2 Å². The first-order chi connectivity index (χ1) is 9.81. The molecule has 0 bridgehead atoms. The molecule has 0 spiro atoms. The standard InChI is InChI=1S/C12H12ClN3O5/c1-6-4-15(5-9(6)12(18)19)11(17)8-2-7(16(20)21)3-14-10(8)13/h2-3,6,9H,4-5H2,1H3,(H,18,19)/t6-,9-/m1/s1. The second-order valence-corrected chi connectivity index (χ2v) is 5.28. The first-order valence-corrected chi connectivity index (χ1v) is 6.51. The van der Waals surface area contributed by atoms with E-state index in [0.717, 1.165) is 12.3 Å². The predicted molar refractivity (Wildman–Crippen MR) is 72.1 cm³/mol. The summed E-state index contributed by atoms with van der Waals surface area (Å²) in [6.07, 6.45) is 0.964. The zero-order valence-corrected chi connectivity index (χ0v) is 11.8. The van der Waals surface area contributed by atoms with E-state index in [1.54, 1.807) is 6.92 Å². The lowest BCUT2D eigenvalue weighted by molar-refractivity contribution is -0.385. The van der Waals surface area contributed by atoms with E-state index >= 15 is 0 Å². The van der Waals surface area contributed by atoms with E-state index in [2.05, 4.69) is 4.98 Å². The molecule has 1 fully saturated rings. The summed E-state index contributed by atoms with van der Waals surface area (Å²) in [5.74, 6) is -2.37. The maximum absolute atomic E-state index is 12.3. The topological polar surface area (TPSA) is 114 Å². The molecule has 1 aliphatic rings. The quantitative estimate of drug-likeness (QED) is 0.513. The van der Waals surface area contributed by atoms with E-state index in [0.29, 0.717) is 0 Å². The van der Waals surface area contributed by atoms with E-state index < -0.39 is 22.7 Å². The number of amides is 1. The van der Waals surface area contributed by atoms with Crippen LogP contribution in [-0.4, -0.2) is 44.9 Å². The zero-order chi connectivity index (χ0) is 15.7. The van der Waals surface area contributed by atoms with Crippen molar-refractivity contribution in [2.45, 2.75) is 6.92 Å². The average molecular weight is 314 g/mol. The van der Waals surface area contributed by atoms with Crippen LogP contribution in [0, 0.1) is 22.0 Å². The fourth-order valence-electron chi connectivity index (χ4n) is 2.31. The molecule has 0 radical (unpaired) electrons. The number of carbonyl (C=O) groups excluding carboxylic acids is 1. The van der Waals surface area contributed by atoms with Gasteiger partial charge in [-0.2, -0.15) is 0 Å². The summed E-state index contributed by atoms with van der Waals surface area (Å²) in [6, 6.07) is 1.05. The third-order valence-electron chi connectivity index (χ3n) is 3.48. The van der Waals surface area contributed by atoms with Crippen LogP contribution in [0.3, 0.4) is 0 Å². The highest BCUT2D eigenvalue weighted by Crippen LogP contribution is 2.27. The molecule has 0 saturated carbocycles. The number of nitro groups is 1. The van der Waals surface area contributed by atoms with Gasteiger partial charge in [0.25, 0.3) is 11.6 Å². The Morgan fingerprint density at radius 3 is 2.71 bits per heavy atom. The van der Waals surface area contributed by atoms with Crippen molar-refractivity contribution >= 4 is 29.2 Å².